The summed E-state index contributed by atoms with van der Waals surface area (Å²) < 4.78 is 4.61. The smallest absolute Gasteiger partial charge is 0.0489 e. The summed E-state index contributed by atoms with van der Waals surface area (Å²) in [6.07, 6.45) is 0. The summed E-state index contributed by atoms with van der Waals surface area (Å²) in [6, 6.07) is 49.3. The Balaban J connectivity index is 1.38. The highest BCUT2D eigenvalue weighted by Gasteiger charge is 2.19. The Hall–Kier alpha value is -5.34. The van der Waals surface area contributed by atoms with E-state index in [0.717, 1.165) is 0 Å². The third-order valence-corrected chi connectivity index (χ3v) is 9.34. The largest absolute Gasteiger partial charge is 0.344 e. The van der Waals surface area contributed by atoms with Crippen molar-refractivity contribution in [2.24, 2.45) is 14.1 Å². The molecule has 0 fully saturated rings. The van der Waals surface area contributed by atoms with Gasteiger partial charge in [-0.25, -0.2) is 0 Å². The Morgan fingerprint density at radius 1 is 0.310 bits per heavy atom. The maximum absolute atomic E-state index is 2.40. The van der Waals surface area contributed by atoms with Crippen LogP contribution in [-0.4, -0.2) is 9.13 Å². The minimum Gasteiger partial charge on any atom is -0.344 e. The molecule has 0 amide bonds. The van der Waals surface area contributed by atoms with Crippen LogP contribution in [0.1, 0.15) is 0 Å². The monoisotopic (exact) mass is 536 g/mol. The number of hydrogen-bond acceptors (Lipinski definition) is 0. The normalized spacial score (nSPS) is 12.0. The average Bonchev–Trinajstić information content (AvgIpc) is 3.50. The summed E-state index contributed by atoms with van der Waals surface area (Å²) in [5.41, 5.74) is 10.1. The molecule has 0 spiro atoms. The minimum absolute atomic E-state index is 1.25. The second-order valence-electron chi connectivity index (χ2n) is 11.5. The van der Waals surface area contributed by atoms with Crippen molar-refractivity contribution < 1.29 is 0 Å². The van der Waals surface area contributed by atoms with E-state index in [1.165, 1.54) is 87.4 Å². The molecule has 0 aliphatic rings. The van der Waals surface area contributed by atoms with Gasteiger partial charge in [-0.1, -0.05) is 97.1 Å². The van der Waals surface area contributed by atoms with Gasteiger partial charge in [-0.3, -0.25) is 0 Å². The molecule has 2 heteroatoms. The standard InChI is InChI=1S/C40H28N2/c1-41-35-17-9-7-11-27(35)33-23-25(19-21-37(33)41)39-29-13-3-5-15-31(29)40(32-16-6-4-14-30(32)39)26-20-22-38-34(24-26)28-12-8-10-18-36(28)42(38)2/h3-24H,1-2H3. The first-order valence-electron chi connectivity index (χ1n) is 14.6. The molecule has 0 N–H and O–H groups in total. The van der Waals surface area contributed by atoms with Crippen LogP contribution in [0.5, 0.6) is 0 Å². The van der Waals surface area contributed by atoms with Crippen molar-refractivity contribution >= 4 is 65.2 Å². The summed E-state index contributed by atoms with van der Waals surface area (Å²) in [4.78, 5) is 0. The predicted molar refractivity (Wildman–Crippen MR) is 180 cm³/mol. The first-order chi connectivity index (χ1) is 20.7. The quantitative estimate of drug-likeness (QED) is 0.195. The summed E-state index contributed by atoms with van der Waals surface area (Å²) in [7, 11) is 4.33. The van der Waals surface area contributed by atoms with Crippen LogP contribution in [0, 0.1) is 0 Å². The SMILES string of the molecule is Cn1c2ccccc2c2cc(-c3c4ccccc4c(-c4ccc5c(c4)c4ccccc4n5C)c4ccccc34)ccc21. The van der Waals surface area contributed by atoms with Gasteiger partial charge in [-0.05, 0) is 80.2 Å². The third-order valence-electron chi connectivity index (χ3n) is 9.34. The molecule has 7 aromatic carbocycles. The van der Waals surface area contributed by atoms with Crippen molar-refractivity contribution in [3.8, 4) is 22.3 Å². The van der Waals surface area contributed by atoms with Gasteiger partial charge in [0.25, 0.3) is 0 Å². The molecule has 198 valence electrons. The van der Waals surface area contributed by atoms with Crippen molar-refractivity contribution in [1.29, 1.82) is 0 Å². The Morgan fingerprint density at radius 3 is 1.00 bits per heavy atom. The first-order valence-corrected chi connectivity index (χ1v) is 14.6. The lowest BCUT2D eigenvalue weighted by molar-refractivity contribution is 1.01. The maximum atomic E-state index is 2.40. The molecular weight excluding hydrogens is 508 g/mol. The van der Waals surface area contributed by atoms with Gasteiger partial charge in [0.1, 0.15) is 0 Å². The second-order valence-corrected chi connectivity index (χ2v) is 11.5. The van der Waals surface area contributed by atoms with Gasteiger partial charge in [0, 0.05) is 57.7 Å². The van der Waals surface area contributed by atoms with Crippen LogP contribution in [0.2, 0.25) is 0 Å². The highest BCUT2D eigenvalue weighted by molar-refractivity contribution is 6.23. The number of para-hydroxylation sites is 2. The van der Waals surface area contributed by atoms with Crippen LogP contribution in [-0.2, 0) is 14.1 Å². The molecule has 0 bridgehead atoms. The Labute approximate surface area is 243 Å². The lowest BCUT2D eigenvalue weighted by Crippen LogP contribution is -1.91. The number of hydrogen-bond donors (Lipinski definition) is 0. The van der Waals surface area contributed by atoms with Gasteiger partial charge in [0.2, 0.25) is 0 Å². The Kier molecular flexibility index (Phi) is 4.77. The fourth-order valence-corrected chi connectivity index (χ4v) is 7.40. The van der Waals surface area contributed by atoms with E-state index in [0.29, 0.717) is 0 Å². The molecule has 9 aromatic rings. The molecule has 2 aromatic heterocycles. The van der Waals surface area contributed by atoms with E-state index in [1.807, 2.05) is 0 Å². The number of aromatic nitrogens is 2. The van der Waals surface area contributed by atoms with Gasteiger partial charge in [-0.15, -0.1) is 0 Å². The van der Waals surface area contributed by atoms with Crippen molar-refractivity contribution in [3.63, 3.8) is 0 Å². The molecule has 0 aliphatic heterocycles. The third kappa shape index (κ3) is 3.09. The van der Waals surface area contributed by atoms with Crippen molar-refractivity contribution in [3.05, 3.63) is 133 Å². The van der Waals surface area contributed by atoms with E-state index in [9.17, 15) is 0 Å². The van der Waals surface area contributed by atoms with Crippen LogP contribution in [0.4, 0.5) is 0 Å². The lowest BCUT2D eigenvalue weighted by atomic mass is 9.85. The molecule has 0 aliphatic carbocycles. The molecule has 0 saturated heterocycles. The topological polar surface area (TPSA) is 9.86 Å². The van der Waals surface area contributed by atoms with Crippen molar-refractivity contribution in [2.45, 2.75) is 0 Å². The van der Waals surface area contributed by atoms with E-state index in [-0.39, 0.29) is 0 Å². The zero-order valence-electron chi connectivity index (χ0n) is 23.6. The molecule has 2 nitrogen and oxygen atoms in total. The second kappa shape index (κ2) is 8.58. The van der Waals surface area contributed by atoms with Gasteiger partial charge < -0.3 is 9.13 Å². The summed E-state index contributed by atoms with van der Waals surface area (Å²) in [6.45, 7) is 0. The van der Waals surface area contributed by atoms with Crippen LogP contribution >= 0.6 is 0 Å². The van der Waals surface area contributed by atoms with Crippen LogP contribution in [0.15, 0.2) is 133 Å². The van der Waals surface area contributed by atoms with Gasteiger partial charge >= 0.3 is 0 Å². The molecule has 0 saturated carbocycles. The van der Waals surface area contributed by atoms with E-state index in [1.54, 1.807) is 0 Å². The Bertz CT molecular complexity index is 2310. The predicted octanol–water partition coefficient (Wildman–Crippen LogP) is 10.6. The number of aryl methyl sites for hydroxylation is 2. The van der Waals surface area contributed by atoms with Crippen molar-refractivity contribution in [2.75, 3.05) is 0 Å². The van der Waals surface area contributed by atoms with Crippen LogP contribution in [0.25, 0.3) is 87.4 Å². The average molecular weight is 537 g/mol. The summed E-state index contributed by atoms with van der Waals surface area (Å²) >= 11 is 0. The molecule has 0 radical (unpaired) electrons. The molecule has 42 heavy (non-hydrogen) atoms. The zero-order valence-corrected chi connectivity index (χ0v) is 23.6. The lowest BCUT2D eigenvalue weighted by Gasteiger charge is -2.18. The number of fused-ring (bicyclic) bond motifs is 8. The Morgan fingerprint density at radius 2 is 0.619 bits per heavy atom. The molecular formula is C40H28N2. The van der Waals surface area contributed by atoms with Gasteiger partial charge in [0.05, 0.1) is 0 Å². The molecule has 0 atom stereocenters. The highest BCUT2D eigenvalue weighted by atomic mass is 14.9. The maximum Gasteiger partial charge on any atom is 0.0489 e. The fourth-order valence-electron chi connectivity index (χ4n) is 7.40. The molecule has 0 unspecified atom stereocenters. The summed E-state index contributed by atoms with van der Waals surface area (Å²) in [5, 5.41) is 10.3. The number of rotatable bonds is 2. The van der Waals surface area contributed by atoms with E-state index >= 15 is 0 Å². The first kappa shape index (κ1) is 23.4. The van der Waals surface area contributed by atoms with Gasteiger partial charge in [-0.2, -0.15) is 0 Å². The van der Waals surface area contributed by atoms with Crippen molar-refractivity contribution in [1.82, 2.24) is 9.13 Å². The summed E-state index contributed by atoms with van der Waals surface area (Å²) in [5.74, 6) is 0. The minimum atomic E-state index is 1.25. The number of nitrogens with zero attached hydrogens (tertiary/aromatic N) is 2. The van der Waals surface area contributed by atoms with Gasteiger partial charge in [0.15, 0.2) is 0 Å². The molecule has 2 heterocycles. The van der Waals surface area contributed by atoms with Crippen LogP contribution in [0.3, 0.4) is 0 Å². The zero-order chi connectivity index (χ0) is 27.9. The number of benzene rings is 7. The van der Waals surface area contributed by atoms with E-state index < -0.39 is 0 Å². The van der Waals surface area contributed by atoms with E-state index in [4.69, 9.17) is 0 Å². The molecule has 9 rings (SSSR count). The fraction of sp³-hybridized carbons (Fsp3) is 0.0500. The van der Waals surface area contributed by atoms with Crippen LogP contribution < -0.4 is 0 Å². The van der Waals surface area contributed by atoms with E-state index in [2.05, 4.69) is 157 Å². The highest BCUT2D eigenvalue weighted by Crippen LogP contribution is 2.45.